The van der Waals surface area contributed by atoms with Gasteiger partial charge in [0, 0.05) is 17.4 Å². The van der Waals surface area contributed by atoms with Crippen molar-refractivity contribution < 1.29 is 33.4 Å². The lowest BCUT2D eigenvalue weighted by atomic mass is 9.83. The van der Waals surface area contributed by atoms with Crippen LogP contribution in [0, 0.1) is 5.41 Å². The molecule has 1 aliphatic heterocycles. The summed E-state index contributed by atoms with van der Waals surface area (Å²) >= 11 is 0. The van der Waals surface area contributed by atoms with Gasteiger partial charge in [0.05, 0.1) is 26.7 Å². The maximum absolute atomic E-state index is 13.5. The molecule has 2 rings (SSSR count). The number of carboxylic acids is 1. The third kappa shape index (κ3) is 3.99. The maximum Gasteiger partial charge on any atom is 0.383 e. The van der Waals surface area contributed by atoms with Crippen molar-refractivity contribution in [3.63, 3.8) is 0 Å². The molecular formula is C23H31NO6. The summed E-state index contributed by atoms with van der Waals surface area (Å²) in [6, 6.07) is 3.90. The van der Waals surface area contributed by atoms with E-state index in [4.69, 9.17) is 9.47 Å². The van der Waals surface area contributed by atoms with Crippen molar-refractivity contribution in [1.82, 2.24) is 0 Å². The lowest BCUT2D eigenvalue weighted by molar-refractivity contribution is -0.852. The Morgan fingerprint density at radius 3 is 2.43 bits per heavy atom. The predicted molar refractivity (Wildman–Crippen MR) is 110 cm³/mol. The van der Waals surface area contributed by atoms with Gasteiger partial charge in [-0.1, -0.05) is 27.4 Å². The first-order valence-corrected chi connectivity index (χ1v) is 10.1. The van der Waals surface area contributed by atoms with Crippen LogP contribution in [-0.4, -0.2) is 55.5 Å². The molecule has 1 fully saturated rings. The van der Waals surface area contributed by atoms with Crippen LogP contribution >= 0.6 is 0 Å². The van der Waals surface area contributed by atoms with Gasteiger partial charge >= 0.3 is 5.91 Å². The third-order valence-corrected chi connectivity index (χ3v) is 6.38. The molecule has 30 heavy (non-hydrogen) atoms. The largest absolute Gasteiger partial charge is 0.544 e. The van der Waals surface area contributed by atoms with Crippen LogP contribution in [0.25, 0.3) is 0 Å². The minimum absolute atomic E-state index is 0.0335. The van der Waals surface area contributed by atoms with E-state index >= 15 is 0 Å². The van der Waals surface area contributed by atoms with Gasteiger partial charge in [0.2, 0.25) is 0 Å². The van der Waals surface area contributed by atoms with Gasteiger partial charge in [0.1, 0.15) is 30.1 Å². The van der Waals surface area contributed by atoms with Crippen LogP contribution in [0.1, 0.15) is 45.1 Å². The van der Waals surface area contributed by atoms with Crippen molar-refractivity contribution in [3.8, 4) is 11.5 Å². The molecule has 1 amide bonds. The van der Waals surface area contributed by atoms with E-state index in [9.17, 15) is 19.5 Å². The number of rotatable bonds is 9. The molecule has 0 bridgehead atoms. The van der Waals surface area contributed by atoms with Gasteiger partial charge < -0.3 is 19.4 Å². The Balaban J connectivity index is 2.63. The smallest absolute Gasteiger partial charge is 0.383 e. The number of benzene rings is 1. The lowest BCUT2D eigenvalue weighted by Crippen LogP contribution is -2.65. The van der Waals surface area contributed by atoms with Crippen molar-refractivity contribution in [2.75, 3.05) is 27.3 Å². The first-order valence-electron chi connectivity index (χ1n) is 10.1. The average molecular weight is 418 g/mol. The summed E-state index contributed by atoms with van der Waals surface area (Å²) in [6.45, 7) is 9.16. The number of quaternary nitrogens is 1. The zero-order valence-electron chi connectivity index (χ0n) is 18.4. The fourth-order valence-electron chi connectivity index (χ4n) is 4.23. The molecule has 1 heterocycles. The number of nitrogens with zero attached hydrogens (tertiary/aromatic N) is 1. The van der Waals surface area contributed by atoms with Gasteiger partial charge in [0.25, 0.3) is 5.78 Å². The van der Waals surface area contributed by atoms with E-state index in [1.54, 1.807) is 32.0 Å². The topological polar surface area (TPSA) is 92.7 Å². The molecule has 0 N–H and O–H groups in total. The summed E-state index contributed by atoms with van der Waals surface area (Å²) in [5, 5.41) is 12.4. The number of methoxy groups -OCH3 is 2. The molecule has 7 nitrogen and oxygen atoms in total. The molecule has 3 atom stereocenters. The molecule has 7 heteroatoms. The fraction of sp³-hybridized carbons (Fsp3) is 0.522. The first kappa shape index (κ1) is 23.6. The number of hydrogen-bond acceptors (Lipinski definition) is 6. The van der Waals surface area contributed by atoms with Gasteiger partial charge in [-0.2, -0.15) is 0 Å². The second kappa shape index (κ2) is 9.00. The van der Waals surface area contributed by atoms with Crippen molar-refractivity contribution in [2.24, 2.45) is 5.41 Å². The van der Waals surface area contributed by atoms with E-state index in [2.05, 4.69) is 6.58 Å². The van der Waals surface area contributed by atoms with Crippen molar-refractivity contribution in [1.29, 1.82) is 0 Å². The highest BCUT2D eigenvalue weighted by molar-refractivity contribution is 6.35. The Morgan fingerprint density at radius 2 is 1.93 bits per heavy atom. The molecule has 1 aliphatic rings. The van der Waals surface area contributed by atoms with Crippen molar-refractivity contribution in [2.45, 2.75) is 45.6 Å². The molecule has 2 unspecified atom stereocenters. The maximum atomic E-state index is 13.5. The summed E-state index contributed by atoms with van der Waals surface area (Å²) in [5.74, 6) is -2.19. The number of carboxylic acid groups (broad SMARTS) is 1. The molecule has 0 aromatic heterocycles. The van der Waals surface area contributed by atoms with Crippen molar-refractivity contribution >= 4 is 17.7 Å². The number of hydrogen-bond donors (Lipinski definition) is 0. The summed E-state index contributed by atoms with van der Waals surface area (Å²) in [6.07, 6.45) is 2.33. The Bertz CT molecular complexity index is 846. The normalized spacial score (nSPS) is 23.6. The van der Waals surface area contributed by atoms with E-state index in [0.29, 0.717) is 29.9 Å². The highest BCUT2D eigenvalue weighted by Gasteiger charge is 2.57. The van der Waals surface area contributed by atoms with Gasteiger partial charge in [-0.3, -0.25) is 4.79 Å². The Kier molecular flexibility index (Phi) is 7.08. The average Bonchev–Trinajstić information content (AvgIpc) is 3.12. The van der Waals surface area contributed by atoms with Gasteiger partial charge in [-0.25, -0.2) is 9.28 Å². The van der Waals surface area contributed by atoms with Crippen LogP contribution in [0.4, 0.5) is 0 Å². The molecule has 164 valence electrons. The van der Waals surface area contributed by atoms with E-state index in [1.165, 1.54) is 20.3 Å². The zero-order valence-corrected chi connectivity index (χ0v) is 18.4. The Hall–Kier alpha value is -2.67. The van der Waals surface area contributed by atoms with Gasteiger partial charge in [0.15, 0.2) is 0 Å². The molecule has 1 aromatic carbocycles. The minimum atomic E-state index is -1.38. The number of ketones is 1. The summed E-state index contributed by atoms with van der Waals surface area (Å²) in [4.78, 5) is 38.9. The van der Waals surface area contributed by atoms with E-state index in [1.807, 2.05) is 6.92 Å². The SMILES string of the molecule is C=CC[N+]1(C(=O)C(=O)C(C)(C)CC)CCC(c2cc(OC)ccc2OC)[C@H]1C(=O)[O-]. The van der Waals surface area contributed by atoms with Crippen LogP contribution in [0.5, 0.6) is 11.5 Å². The standard InChI is InChI=1S/C23H31NO6/c1-7-12-24(21(26)20(25)23(3,4)8-2)13-11-16(19(24)22(27)28)17-14-15(29-5)9-10-18(17)30-6/h7,9-10,14,16,19H,1,8,11-13H2,2-6H3/t16?,19-,24?/m0/s1. The highest BCUT2D eigenvalue weighted by Crippen LogP contribution is 2.44. The molecule has 1 aromatic rings. The fourth-order valence-corrected chi connectivity index (χ4v) is 4.23. The number of aliphatic carboxylic acids is 1. The Labute approximate surface area is 177 Å². The molecule has 1 saturated heterocycles. The number of carbonyl (C=O) groups is 3. The molecule has 0 spiro atoms. The quantitative estimate of drug-likeness (QED) is 0.346. The van der Waals surface area contributed by atoms with E-state index in [-0.39, 0.29) is 13.1 Å². The van der Waals surface area contributed by atoms with E-state index < -0.39 is 39.5 Å². The summed E-state index contributed by atoms with van der Waals surface area (Å²) in [7, 11) is 3.02. The highest BCUT2D eigenvalue weighted by atomic mass is 16.5. The third-order valence-electron chi connectivity index (χ3n) is 6.38. The molecular weight excluding hydrogens is 386 g/mol. The predicted octanol–water partition coefficient (Wildman–Crippen LogP) is 1.84. The minimum Gasteiger partial charge on any atom is -0.544 e. The second-order valence-electron chi connectivity index (χ2n) is 8.37. The molecule has 0 aliphatic carbocycles. The van der Waals surface area contributed by atoms with Crippen LogP contribution in [0.3, 0.4) is 0 Å². The second-order valence-corrected chi connectivity index (χ2v) is 8.37. The number of carbonyl (C=O) groups excluding carboxylic acids is 3. The number of Topliss-reactive ketones (excluding diaryl/α,β-unsaturated/α-hetero) is 1. The van der Waals surface area contributed by atoms with E-state index in [0.717, 1.165) is 0 Å². The number of likely N-dealkylation sites (tertiary alicyclic amines) is 1. The zero-order chi connectivity index (χ0) is 22.7. The summed E-state index contributed by atoms with van der Waals surface area (Å²) < 4.78 is 10.2. The number of ether oxygens (including phenoxy) is 2. The van der Waals surface area contributed by atoms with Gasteiger partial charge in [-0.05, 0) is 30.7 Å². The molecule has 0 radical (unpaired) electrons. The Morgan fingerprint density at radius 1 is 1.27 bits per heavy atom. The van der Waals surface area contributed by atoms with Crippen LogP contribution < -0.4 is 14.6 Å². The summed E-state index contributed by atoms with van der Waals surface area (Å²) in [5.41, 5.74) is -0.267. The number of amides is 1. The van der Waals surface area contributed by atoms with Crippen LogP contribution in [0.2, 0.25) is 0 Å². The van der Waals surface area contributed by atoms with Crippen LogP contribution in [-0.2, 0) is 14.4 Å². The first-order chi connectivity index (χ1) is 14.1. The monoisotopic (exact) mass is 417 g/mol. The van der Waals surface area contributed by atoms with Crippen LogP contribution in [0.15, 0.2) is 30.9 Å². The lowest BCUT2D eigenvalue weighted by Gasteiger charge is -2.39. The van der Waals surface area contributed by atoms with Crippen molar-refractivity contribution in [3.05, 3.63) is 36.4 Å². The van der Waals surface area contributed by atoms with Gasteiger partial charge in [-0.15, -0.1) is 0 Å². The molecule has 0 saturated carbocycles.